The second kappa shape index (κ2) is 9.84. The highest BCUT2D eigenvalue weighted by atomic mass is 35.5. The predicted octanol–water partition coefficient (Wildman–Crippen LogP) is 5.47. The summed E-state index contributed by atoms with van der Waals surface area (Å²) >= 11 is 7.09. The third-order valence-corrected chi connectivity index (χ3v) is 5.67. The Balaban J connectivity index is 1.60. The molecule has 0 spiro atoms. The zero-order valence-electron chi connectivity index (χ0n) is 17.0. The van der Waals surface area contributed by atoms with Crippen molar-refractivity contribution in [3.05, 3.63) is 83.6 Å². The molecular weight excluding hydrogens is 451 g/mol. The number of halogens is 2. The van der Waals surface area contributed by atoms with Gasteiger partial charge in [0.05, 0.1) is 18.6 Å². The molecule has 0 bridgehead atoms. The van der Waals surface area contributed by atoms with Gasteiger partial charge in [-0.15, -0.1) is 10.2 Å². The highest BCUT2D eigenvalue weighted by molar-refractivity contribution is 7.99. The largest absolute Gasteiger partial charge is 0.497 e. The molecule has 4 rings (SSSR count). The summed E-state index contributed by atoms with van der Waals surface area (Å²) in [7, 11) is 1.60. The average Bonchev–Trinajstić information content (AvgIpc) is 3.25. The molecule has 6 nitrogen and oxygen atoms in total. The Kier molecular flexibility index (Phi) is 6.72. The van der Waals surface area contributed by atoms with Gasteiger partial charge in [0.2, 0.25) is 5.91 Å². The molecular formula is C23H18ClFN4O2S. The van der Waals surface area contributed by atoms with Gasteiger partial charge in [-0.25, -0.2) is 4.39 Å². The van der Waals surface area contributed by atoms with Crippen LogP contribution in [0.4, 0.5) is 10.1 Å². The second-order valence-corrected chi connectivity index (χ2v) is 8.05. The Morgan fingerprint density at radius 2 is 1.91 bits per heavy atom. The molecule has 0 aliphatic heterocycles. The summed E-state index contributed by atoms with van der Waals surface area (Å²) in [5.74, 6) is 0.373. The number of benzene rings is 3. The van der Waals surface area contributed by atoms with Crippen molar-refractivity contribution in [2.45, 2.75) is 5.16 Å². The summed E-state index contributed by atoms with van der Waals surface area (Å²) in [6.45, 7) is 0. The van der Waals surface area contributed by atoms with Gasteiger partial charge in [0, 0.05) is 16.3 Å². The first-order valence-corrected chi connectivity index (χ1v) is 10.9. The molecule has 0 aliphatic carbocycles. The van der Waals surface area contributed by atoms with Gasteiger partial charge in [0.1, 0.15) is 11.6 Å². The van der Waals surface area contributed by atoms with Gasteiger partial charge in [-0.05, 0) is 42.5 Å². The number of carbonyl (C=O) groups is 1. The van der Waals surface area contributed by atoms with Crippen LogP contribution in [0.5, 0.6) is 5.75 Å². The van der Waals surface area contributed by atoms with E-state index in [1.807, 2.05) is 59.2 Å². The Morgan fingerprint density at radius 1 is 1.09 bits per heavy atom. The molecule has 1 amide bonds. The third kappa shape index (κ3) is 4.92. The topological polar surface area (TPSA) is 69.0 Å². The maximum absolute atomic E-state index is 13.9. The lowest BCUT2D eigenvalue weighted by atomic mass is 10.2. The summed E-state index contributed by atoms with van der Waals surface area (Å²) in [6.07, 6.45) is 0. The van der Waals surface area contributed by atoms with Gasteiger partial charge >= 0.3 is 0 Å². The first-order chi connectivity index (χ1) is 15.5. The van der Waals surface area contributed by atoms with E-state index in [1.54, 1.807) is 7.11 Å². The molecule has 4 aromatic rings. The SMILES string of the molecule is COc1cccc(-c2nnc(SCC(=O)Nc3cc(Cl)ccc3F)n2-c2ccccc2)c1. The minimum atomic E-state index is -0.555. The van der Waals surface area contributed by atoms with E-state index in [1.165, 1.54) is 30.0 Å². The van der Waals surface area contributed by atoms with E-state index in [4.69, 9.17) is 16.3 Å². The van der Waals surface area contributed by atoms with Gasteiger partial charge in [-0.3, -0.25) is 9.36 Å². The molecule has 0 atom stereocenters. The van der Waals surface area contributed by atoms with Crippen LogP contribution >= 0.6 is 23.4 Å². The minimum absolute atomic E-state index is 0.00896. The number of rotatable bonds is 7. The normalized spacial score (nSPS) is 10.7. The van der Waals surface area contributed by atoms with E-state index in [2.05, 4.69) is 15.5 Å². The molecule has 162 valence electrons. The van der Waals surface area contributed by atoms with E-state index in [0.29, 0.717) is 21.8 Å². The molecule has 0 saturated heterocycles. The summed E-state index contributed by atoms with van der Waals surface area (Å²) in [4.78, 5) is 12.4. The van der Waals surface area contributed by atoms with Crippen molar-refractivity contribution in [2.75, 3.05) is 18.2 Å². The number of anilines is 1. The van der Waals surface area contributed by atoms with Crippen LogP contribution in [0.3, 0.4) is 0 Å². The maximum atomic E-state index is 13.9. The highest BCUT2D eigenvalue weighted by Crippen LogP contribution is 2.30. The molecule has 32 heavy (non-hydrogen) atoms. The van der Waals surface area contributed by atoms with Crippen LogP contribution in [0.15, 0.2) is 78.0 Å². The van der Waals surface area contributed by atoms with E-state index >= 15 is 0 Å². The van der Waals surface area contributed by atoms with Gasteiger partial charge in [0.25, 0.3) is 0 Å². The van der Waals surface area contributed by atoms with E-state index < -0.39 is 5.82 Å². The number of carbonyl (C=O) groups excluding carboxylic acids is 1. The van der Waals surface area contributed by atoms with Gasteiger partial charge < -0.3 is 10.1 Å². The number of para-hydroxylation sites is 1. The number of thioether (sulfide) groups is 1. The van der Waals surface area contributed by atoms with Crippen LogP contribution < -0.4 is 10.1 Å². The van der Waals surface area contributed by atoms with Crippen molar-refractivity contribution in [3.63, 3.8) is 0 Å². The molecule has 0 saturated carbocycles. The zero-order valence-corrected chi connectivity index (χ0v) is 18.5. The van der Waals surface area contributed by atoms with Crippen LogP contribution in [-0.4, -0.2) is 33.5 Å². The molecule has 1 heterocycles. The number of nitrogens with zero attached hydrogens (tertiary/aromatic N) is 3. The van der Waals surface area contributed by atoms with Crippen LogP contribution in [0.25, 0.3) is 17.1 Å². The summed E-state index contributed by atoms with van der Waals surface area (Å²) in [6, 6.07) is 21.1. The van der Waals surface area contributed by atoms with Crippen molar-refractivity contribution in [2.24, 2.45) is 0 Å². The molecule has 0 radical (unpaired) electrons. The molecule has 0 fully saturated rings. The van der Waals surface area contributed by atoms with Crippen molar-refractivity contribution in [1.82, 2.24) is 14.8 Å². The summed E-state index contributed by atoms with van der Waals surface area (Å²) < 4.78 is 21.1. The van der Waals surface area contributed by atoms with Crippen LogP contribution in [0, 0.1) is 5.82 Å². The highest BCUT2D eigenvalue weighted by Gasteiger charge is 2.18. The third-order valence-electron chi connectivity index (χ3n) is 4.51. The van der Waals surface area contributed by atoms with Gasteiger partial charge in [-0.1, -0.05) is 53.7 Å². The maximum Gasteiger partial charge on any atom is 0.234 e. The van der Waals surface area contributed by atoms with Crippen molar-refractivity contribution >= 4 is 35.0 Å². The molecule has 0 aliphatic rings. The standard InChI is InChI=1S/C23H18ClFN4O2S/c1-31-18-9-5-6-15(12-18)22-27-28-23(29(22)17-7-3-2-4-8-17)32-14-21(30)26-20-13-16(24)10-11-19(20)25/h2-13H,14H2,1H3,(H,26,30). The Bertz CT molecular complexity index is 1250. The number of hydrogen-bond acceptors (Lipinski definition) is 5. The Hall–Kier alpha value is -3.36. The number of nitrogens with one attached hydrogen (secondary N) is 1. The van der Waals surface area contributed by atoms with Crippen LogP contribution in [0.1, 0.15) is 0 Å². The van der Waals surface area contributed by atoms with Crippen LogP contribution in [0.2, 0.25) is 5.02 Å². The average molecular weight is 469 g/mol. The monoisotopic (exact) mass is 468 g/mol. The van der Waals surface area contributed by atoms with Crippen molar-refractivity contribution < 1.29 is 13.9 Å². The number of methoxy groups -OCH3 is 1. The lowest BCUT2D eigenvalue weighted by molar-refractivity contribution is -0.113. The van der Waals surface area contributed by atoms with Crippen molar-refractivity contribution in [3.8, 4) is 22.8 Å². The second-order valence-electron chi connectivity index (χ2n) is 6.67. The molecule has 1 N–H and O–H groups in total. The van der Waals surface area contributed by atoms with Gasteiger partial charge in [-0.2, -0.15) is 0 Å². The van der Waals surface area contributed by atoms with Crippen LogP contribution in [-0.2, 0) is 4.79 Å². The lowest BCUT2D eigenvalue weighted by Gasteiger charge is -2.11. The molecule has 3 aromatic carbocycles. The van der Waals surface area contributed by atoms with E-state index in [0.717, 1.165) is 11.3 Å². The fourth-order valence-electron chi connectivity index (χ4n) is 3.03. The first-order valence-electron chi connectivity index (χ1n) is 9.58. The molecule has 9 heteroatoms. The number of amides is 1. The van der Waals surface area contributed by atoms with E-state index in [9.17, 15) is 9.18 Å². The number of ether oxygens (including phenoxy) is 1. The number of aromatic nitrogens is 3. The summed E-state index contributed by atoms with van der Waals surface area (Å²) in [5, 5.41) is 12.0. The Morgan fingerprint density at radius 3 is 2.69 bits per heavy atom. The summed E-state index contributed by atoms with van der Waals surface area (Å²) in [5.41, 5.74) is 1.70. The predicted molar refractivity (Wildman–Crippen MR) is 124 cm³/mol. The fourth-order valence-corrected chi connectivity index (χ4v) is 3.96. The number of hydrogen-bond donors (Lipinski definition) is 1. The van der Waals surface area contributed by atoms with E-state index in [-0.39, 0.29) is 17.3 Å². The first kappa shape index (κ1) is 21.9. The lowest BCUT2D eigenvalue weighted by Crippen LogP contribution is -2.15. The molecule has 0 unspecified atom stereocenters. The minimum Gasteiger partial charge on any atom is -0.497 e. The van der Waals surface area contributed by atoms with Crippen molar-refractivity contribution in [1.29, 1.82) is 0 Å². The molecule has 1 aromatic heterocycles. The fraction of sp³-hybridized carbons (Fsp3) is 0.0870. The smallest absolute Gasteiger partial charge is 0.234 e. The van der Waals surface area contributed by atoms with Gasteiger partial charge in [0.15, 0.2) is 11.0 Å². The zero-order chi connectivity index (χ0) is 22.5. The Labute approximate surface area is 193 Å². The quantitative estimate of drug-likeness (QED) is 0.364.